The third-order valence-electron chi connectivity index (χ3n) is 3.12. The molecule has 0 atom stereocenters. The maximum Gasteiger partial charge on any atom is 0.248 e. The van der Waals surface area contributed by atoms with Gasteiger partial charge in [-0.1, -0.05) is 0 Å². The average Bonchev–Trinajstić information content (AvgIpc) is 2.33. The molecule has 1 amide bonds. The van der Waals surface area contributed by atoms with Gasteiger partial charge in [0.2, 0.25) is 5.91 Å². The summed E-state index contributed by atoms with van der Waals surface area (Å²) in [6.07, 6.45) is 1.47. The van der Waals surface area contributed by atoms with E-state index >= 15 is 0 Å². The molecule has 1 fully saturated rings. The van der Waals surface area contributed by atoms with Gasteiger partial charge in [0, 0.05) is 5.56 Å². The monoisotopic (exact) mass is 276 g/mol. The van der Waals surface area contributed by atoms with Gasteiger partial charge in [-0.2, -0.15) is 0 Å². The van der Waals surface area contributed by atoms with Crippen LogP contribution in [0.15, 0.2) is 12.1 Å². The largest absolute Gasteiger partial charge is 0.366 e. The highest BCUT2D eigenvalue weighted by Crippen LogP contribution is 2.29. The number of hydrogen-bond donors (Lipinski definition) is 2. The molecule has 1 heterocycles. The van der Waals surface area contributed by atoms with Gasteiger partial charge in [-0.05, 0) is 49.5 Å². The van der Waals surface area contributed by atoms with Gasteiger partial charge < -0.3 is 11.1 Å². The SMILES string of the molecule is Cl.NC(=O)c1cc(F)c(F)c(C2CCNCC2)c1. The molecule has 100 valence electrons. The first-order valence-electron chi connectivity index (χ1n) is 5.59. The molecule has 1 aliphatic rings. The van der Waals surface area contributed by atoms with Crippen LogP contribution < -0.4 is 11.1 Å². The zero-order valence-electron chi connectivity index (χ0n) is 9.71. The van der Waals surface area contributed by atoms with Crippen LogP contribution in [0.3, 0.4) is 0 Å². The van der Waals surface area contributed by atoms with Crippen molar-refractivity contribution in [3.8, 4) is 0 Å². The second-order valence-corrected chi connectivity index (χ2v) is 4.25. The van der Waals surface area contributed by atoms with E-state index in [1.54, 1.807) is 0 Å². The summed E-state index contributed by atoms with van der Waals surface area (Å²) in [6, 6.07) is 2.22. The van der Waals surface area contributed by atoms with E-state index in [1.165, 1.54) is 6.07 Å². The molecule has 6 heteroatoms. The number of amides is 1. The van der Waals surface area contributed by atoms with Gasteiger partial charge in [0.1, 0.15) is 0 Å². The molecule has 1 aliphatic heterocycles. The minimum absolute atomic E-state index is 0. The van der Waals surface area contributed by atoms with Gasteiger partial charge in [0.05, 0.1) is 0 Å². The molecule has 0 unspecified atom stereocenters. The van der Waals surface area contributed by atoms with Crippen LogP contribution in [0.5, 0.6) is 0 Å². The number of benzene rings is 1. The zero-order valence-corrected chi connectivity index (χ0v) is 10.5. The van der Waals surface area contributed by atoms with Crippen LogP contribution in [0.25, 0.3) is 0 Å². The lowest BCUT2D eigenvalue weighted by Crippen LogP contribution is -2.27. The second-order valence-electron chi connectivity index (χ2n) is 4.25. The van der Waals surface area contributed by atoms with E-state index in [-0.39, 0.29) is 29.5 Å². The summed E-state index contributed by atoms with van der Waals surface area (Å²) in [5.41, 5.74) is 5.38. The molecule has 18 heavy (non-hydrogen) atoms. The van der Waals surface area contributed by atoms with Crippen LogP contribution in [0.1, 0.15) is 34.7 Å². The standard InChI is InChI=1S/C12H14F2N2O.ClH/c13-10-6-8(12(15)17)5-9(11(10)14)7-1-3-16-4-2-7;/h5-7,16H,1-4H2,(H2,15,17);1H. The maximum atomic E-state index is 13.7. The summed E-state index contributed by atoms with van der Waals surface area (Å²) in [5.74, 6) is -2.65. The molecule has 0 radical (unpaired) electrons. The highest BCUT2D eigenvalue weighted by molar-refractivity contribution is 5.93. The number of carbonyl (C=O) groups is 1. The molecular formula is C12H15ClF2N2O. The minimum Gasteiger partial charge on any atom is -0.366 e. The maximum absolute atomic E-state index is 13.7. The van der Waals surface area contributed by atoms with Crippen molar-refractivity contribution in [3.05, 3.63) is 34.9 Å². The third-order valence-corrected chi connectivity index (χ3v) is 3.12. The van der Waals surface area contributed by atoms with E-state index in [4.69, 9.17) is 5.73 Å². The van der Waals surface area contributed by atoms with Crippen LogP contribution in [0, 0.1) is 11.6 Å². The van der Waals surface area contributed by atoms with Gasteiger partial charge in [0.15, 0.2) is 11.6 Å². The summed E-state index contributed by atoms with van der Waals surface area (Å²) >= 11 is 0. The molecule has 0 saturated carbocycles. The Bertz CT molecular complexity index is 448. The summed E-state index contributed by atoms with van der Waals surface area (Å²) in [5, 5.41) is 3.15. The molecule has 3 nitrogen and oxygen atoms in total. The van der Waals surface area contributed by atoms with Gasteiger partial charge >= 0.3 is 0 Å². The Morgan fingerprint density at radius 1 is 1.28 bits per heavy atom. The number of nitrogens with two attached hydrogens (primary N) is 1. The Morgan fingerprint density at radius 2 is 1.89 bits per heavy atom. The third kappa shape index (κ3) is 2.97. The van der Waals surface area contributed by atoms with Crippen molar-refractivity contribution < 1.29 is 13.6 Å². The number of primary amides is 1. The van der Waals surface area contributed by atoms with Crippen molar-refractivity contribution in [2.45, 2.75) is 18.8 Å². The quantitative estimate of drug-likeness (QED) is 0.867. The zero-order chi connectivity index (χ0) is 12.4. The molecule has 0 spiro atoms. The van der Waals surface area contributed by atoms with E-state index in [1.807, 2.05) is 0 Å². The Morgan fingerprint density at radius 3 is 2.44 bits per heavy atom. The first kappa shape index (κ1) is 14.9. The van der Waals surface area contributed by atoms with Gasteiger partial charge in [0.25, 0.3) is 0 Å². The lowest BCUT2D eigenvalue weighted by molar-refractivity contribution is 0.0999. The lowest BCUT2D eigenvalue weighted by Gasteiger charge is -2.23. The van der Waals surface area contributed by atoms with Crippen molar-refractivity contribution >= 4 is 18.3 Å². The highest BCUT2D eigenvalue weighted by Gasteiger charge is 2.22. The summed E-state index contributed by atoms with van der Waals surface area (Å²) in [4.78, 5) is 11.0. The number of halogens is 3. The number of nitrogens with one attached hydrogen (secondary N) is 1. The van der Waals surface area contributed by atoms with E-state index in [2.05, 4.69) is 5.32 Å². The van der Waals surface area contributed by atoms with Gasteiger partial charge in [-0.3, -0.25) is 4.79 Å². The van der Waals surface area contributed by atoms with Crippen LogP contribution in [0.4, 0.5) is 8.78 Å². The van der Waals surface area contributed by atoms with Crippen LogP contribution in [-0.4, -0.2) is 19.0 Å². The fraction of sp³-hybridized carbons (Fsp3) is 0.417. The predicted octanol–water partition coefficient (Wildman–Crippen LogP) is 1.95. The molecule has 1 saturated heterocycles. The lowest BCUT2D eigenvalue weighted by atomic mass is 9.88. The van der Waals surface area contributed by atoms with Crippen LogP contribution in [-0.2, 0) is 0 Å². The van der Waals surface area contributed by atoms with E-state index in [0.29, 0.717) is 0 Å². The van der Waals surface area contributed by atoms with Crippen LogP contribution in [0.2, 0.25) is 0 Å². The number of rotatable bonds is 2. The average molecular weight is 277 g/mol. The van der Waals surface area contributed by atoms with Crippen molar-refractivity contribution in [3.63, 3.8) is 0 Å². The fourth-order valence-electron chi connectivity index (χ4n) is 2.18. The van der Waals surface area contributed by atoms with Crippen molar-refractivity contribution in [2.24, 2.45) is 5.73 Å². The topological polar surface area (TPSA) is 55.1 Å². The number of hydrogen-bond acceptors (Lipinski definition) is 2. The van der Waals surface area contributed by atoms with Crippen molar-refractivity contribution in [2.75, 3.05) is 13.1 Å². The highest BCUT2D eigenvalue weighted by atomic mass is 35.5. The molecule has 2 rings (SSSR count). The summed E-state index contributed by atoms with van der Waals surface area (Å²) in [7, 11) is 0. The Kier molecular flexibility index (Phi) is 5.04. The predicted molar refractivity (Wildman–Crippen MR) is 67.0 cm³/mol. The van der Waals surface area contributed by atoms with Gasteiger partial charge in [-0.25, -0.2) is 8.78 Å². The smallest absolute Gasteiger partial charge is 0.248 e. The van der Waals surface area contributed by atoms with Crippen molar-refractivity contribution in [1.29, 1.82) is 0 Å². The number of piperidine rings is 1. The Balaban J connectivity index is 0.00000162. The van der Waals surface area contributed by atoms with E-state index < -0.39 is 17.5 Å². The number of carbonyl (C=O) groups excluding carboxylic acids is 1. The van der Waals surface area contributed by atoms with Gasteiger partial charge in [-0.15, -0.1) is 12.4 Å². The van der Waals surface area contributed by atoms with Crippen LogP contribution >= 0.6 is 12.4 Å². The molecule has 0 aliphatic carbocycles. The summed E-state index contributed by atoms with van der Waals surface area (Å²) in [6.45, 7) is 1.54. The fourth-order valence-corrected chi connectivity index (χ4v) is 2.18. The van der Waals surface area contributed by atoms with E-state index in [9.17, 15) is 13.6 Å². The molecule has 0 aromatic heterocycles. The Labute approximate surface area is 110 Å². The first-order chi connectivity index (χ1) is 8.09. The summed E-state index contributed by atoms with van der Waals surface area (Å²) < 4.78 is 27.0. The second kappa shape index (κ2) is 6.11. The van der Waals surface area contributed by atoms with Crippen molar-refractivity contribution in [1.82, 2.24) is 5.32 Å². The molecule has 1 aromatic rings. The Hall–Kier alpha value is -1.20. The first-order valence-corrected chi connectivity index (χ1v) is 5.59. The minimum atomic E-state index is -1.00. The molecule has 0 bridgehead atoms. The molecular weight excluding hydrogens is 262 g/mol. The molecule has 1 aromatic carbocycles. The molecule has 3 N–H and O–H groups in total. The van der Waals surface area contributed by atoms with E-state index in [0.717, 1.165) is 32.0 Å². The normalized spacial score (nSPS) is 16.1.